The molecule has 0 spiro atoms. The number of hydrogen-bond acceptors (Lipinski definition) is 5. The minimum Gasteiger partial charge on any atom is -0.480 e. The molecule has 5 unspecified atom stereocenters. The minimum atomic E-state index is -1.13. The van der Waals surface area contributed by atoms with Gasteiger partial charge in [-0.15, -0.1) is 0 Å². The van der Waals surface area contributed by atoms with Gasteiger partial charge in [0.15, 0.2) is 0 Å². The molecule has 0 radical (unpaired) electrons. The van der Waals surface area contributed by atoms with Crippen LogP contribution in [0.2, 0.25) is 0 Å². The summed E-state index contributed by atoms with van der Waals surface area (Å²) < 4.78 is 0. The third-order valence-electron chi connectivity index (χ3n) is 5.45. The Bertz CT molecular complexity index is 797. The summed E-state index contributed by atoms with van der Waals surface area (Å²) in [4.78, 5) is 50.0. The second-order valence-electron chi connectivity index (χ2n) is 8.94. The molecule has 1 rings (SSSR count). The molecular weight excluding hydrogens is 424 g/mol. The van der Waals surface area contributed by atoms with Crippen molar-refractivity contribution in [3.8, 4) is 0 Å². The monoisotopic (exact) mass is 462 g/mol. The molecule has 9 nitrogen and oxygen atoms in total. The van der Waals surface area contributed by atoms with Gasteiger partial charge < -0.3 is 26.8 Å². The van der Waals surface area contributed by atoms with Gasteiger partial charge in [-0.05, 0) is 30.7 Å². The van der Waals surface area contributed by atoms with Crippen molar-refractivity contribution in [1.82, 2.24) is 16.0 Å². The Hall–Kier alpha value is -2.94. The van der Waals surface area contributed by atoms with E-state index in [9.17, 15) is 24.3 Å². The van der Waals surface area contributed by atoms with E-state index in [0.29, 0.717) is 12.8 Å². The molecule has 0 fully saturated rings. The summed E-state index contributed by atoms with van der Waals surface area (Å²) in [7, 11) is 0. The number of rotatable bonds is 13. The number of nitrogens with two attached hydrogens (primary N) is 1. The van der Waals surface area contributed by atoms with Crippen molar-refractivity contribution in [1.29, 1.82) is 0 Å². The molecule has 0 bridgehead atoms. The fraction of sp³-hybridized carbons (Fsp3) is 0.583. The minimum absolute atomic E-state index is 0.0548. The standard InChI is InChI=1S/C24H38N4O5/c1-6-15(4)20(24(32)33)28-23(31)18(12-14(2)3)27-22(30)19(26-21(29)16(5)25)13-17-10-8-7-9-11-17/h7-11,14-16,18-20H,6,12-13,25H2,1-5H3,(H,26,29)(H,27,30)(H,28,31)(H,32,33). The van der Waals surface area contributed by atoms with Crippen LogP contribution in [0.4, 0.5) is 0 Å². The van der Waals surface area contributed by atoms with Gasteiger partial charge in [0.2, 0.25) is 17.7 Å². The maximum Gasteiger partial charge on any atom is 0.326 e. The third kappa shape index (κ3) is 9.61. The molecule has 0 aromatic heterocycles. The van der Waals surface area contributed by atoms with Crippen LogP contribution >= 0.6 is 0 Å². The van der Waals surface area contributed by atoms with E-state index in [4.69, 9.17) is 5.73 Å². The molecule has 6 N–H and O–H groups in total. The van der Waals surface area contributed by atoms with Crippen LogP contribution in [-0.4, -0.2) is 53.0 Å². The molecule has 1 aromatic rings. The lowest BCUT2D eigenvalue weighted by Gasteiger charge is -2.27. The second-order valence-corrected chi connectivity index (χ2v) is 8.94. The smallest absolute Gasteiger partial charge is 0.326 e. The van der Waals surface area contributed by atoms with Gasteiger partial charge in [-0.1, -0.05) is 64.4 Å². The molecule has 0 aliphatic carbocycles. The zero-order chi connectivity index (χ0) is 25.1. The Labute approximate surface area is 195 Å². The van der Waals surface area contributed by atoms with E-state index in [-0.39, 0.29) is 18.3 Å². The first-order valence-electron chi connectivity index (χ1n) is 11.4. The average Bonchev–Trinajstić information content (AvgIpc) is 2.75. The van der Waals surface area contributed by atoms with Crippen molar-refractivity contribution in [2.45, 2.75) is 78.0 Å². The lowest BCUT2D eigenvalue weighted by molar-refractivity contribution is -0.144. The molecule has 0 aliphatic heterocycles. The van der Waals surface area contributed by atoms with Crippen LogP contribution in [0.25, 0.3) is 0 Å². The van der Waals surface area contributed by atoms with Gasteiger partial charge in [-0.3, -0.25) is 14.4 Å². The summed E-state index contributed by atoms with van der Waals surface area (Å²) >= 11 is 0. The van der Waals surface area contributed by atoms with Crippen molar-refractivity contribution in [3.05, 3.63) is 35.9 Å². The number of hydrogen-bond donors (Lipinski definition) is 5. The Balaban J connectivity index is 3.07. The SMILES string of the molecule is CCC(C)C(NC(=O)C(CC(C)C)NC(=O)C(Cc1ccccc1)NC(=O)C(C)N)C(=O)O. The highest BCUT2D eigenvalue weighted by Crippen LogP contribution is 2.11. The van der Waals surface area contributed by atoms with Gasteiger partial charge in [0.25, 0.3) is 0 Å². The number of carboxylic acid groups (broad SMARTS) is 1. The molecule has 1 aromatic carbocycles. The zero-order valence-corrected chi connectivity index (χ0v) is 20.1. The van der Waals surface area contributed by atoms with Gasteiger partial charge in [0.1, 0.15) is 18.1 Å². The Kier molecular flexibility index (Phi) is 11.6. The summed E-state index contributed by atoms with van der Waals surface area (Å²) in [5.74, 6) is -2.94. The van der Waals surface area contributed by atoms with E-state index < -0.39 is 47.9 Å². The lowest BCUT2D eigenvalue weighted by Crippen LogP contribution is -2.58. The van der Waals surface area contributed by atoms with Crippen LogP contribution < -0.4 is 21.7 Å². The van der Waals surface area contributed by atoms with Gasteiger partial charge in [-0.2, -0.15) is 0 Å². The molecule has 0 aliphatic rings. The Morgan fingerprint density at radius 1 is 0.879 bits per heavy atom. The number of aliphatic carboxylic acids is 1. The van der Waals surface area contributed by atoms with Crippen LogP contribution in [0.5, 0.6) is 0 Å². The van der Waals surface area contributed by atoms with Crippen molar-refractivity contribution < 1.29 is 24.3 Å². The molecule has 184 valence electrons. The van der Waals surface area contributed by atoms with E-state index in [1.807, 2.05) is 51.1 Å². The molecule has 0 saturated heterocycles. The maximum absolute atomic E-state index is 13.1. The quantitative estimate of drug-likeness (QED) is 0.297. The molecule has 33 heavy (non-hydrogen) atoms. The first-order valence-corrected chi connectivity index (χ1v) is 11.4. The molecule has 5 atom stereocenters. The summed E-state index contributed by atoms with van der Waals surface area (Å²) in [6, 6.07) is 5.40. The highest BCUT2D eigenvalue weighted by molar-refractivity contribution is 5.94. The van der Waals surface area contributed by atoms with Crippen molar-refractivity contribution in [2.24, 2.45) is 17.6 Å². The number of benzene rings is 1. The fourth-order valence-electron chi connectivity index (χ4n) is 3.27. The first-order chi connectivity index (χ1) is 15.5. The van der Waals surface area contributed by atoms with E-state index >= 15 is 0 Å². The van der Waals surface area contributed by atoms with Crippen LogP contribution in [0, 0.1) is 11.8 Å². The Morgan fingerprint density at radius 3 is 1.91 bits per heavy atom. The van der Waals surface area contributed by atoms with Crippen molar-refractivity contribution in [3.63, 3.8) is 0 Å². The normalized spacial score (nSPS) is 15.6. The van der Waals surface area contributed by atoms with Gasteiger partial charge in [0.05, 0.1) is 6.04 Å². The van der Waals surface area contributed by atoms with E-state index in [1.165, 1.54) is 6.92 Å². The van der Waals surface area contributed by atoms with E-state index in [2.05, 4.69) is 16.0 Å². The van der Waals surface area contributed by atoms with Gasteiger partial charge >= 0.3 is 5.97 Å². The van der Waals surface area contributed by atoms with E-state index in [0.717, 1.165) is 5.56 Å². The van der Waals surface area contributed by atoms with Crippen molar-refractivity contribution >= 4 is 23.7 Å². The fourth-order valence-corrected chi connectivity index (χ4v) is 3.27. The van der Waals surface area contributed by atoms with Crippen LogP contribution in [0.1, 0.15) is 53.0 Å². The number of carboxylic acids is 1. The summed E-state index contributed by atoms with van der Waals surface area (Å²) in [6.07, 6.45) is 1.09. The van der Waals surface area contributed by atoms with Crippen LogP contribution in [-0.2, 0) is 25.6 Å². The predicted octanol–water partition coefficient (Wildman–Crippen LogP) is 1.21. The van der Waals surface area contributed by atoms with Crippen LogP contribution in [0.15, 0.2) is 30.3 Å². The number of amides is 3. The summed E-state index contributed by atoms with van der Waals surface area (Å²) in [6.45, 7) is 8.90. The number of nitrogens with one attached hydrogen (secondary N) is 3. The molecule has 9 heteroatoms. The Morgan fingerprint density at radius 2 is 1.42 bits per heavy atom. The van der Waals surface area contributed by atoms with E-state index in [1.54, 1.807) is 6.92 Å². The average molecular weight is 463 g/mol. The molecule has 0 heterocycles. The number of carbonyl (C=O) groups excluding carboxylic acids is 3. The highest BCUT2D eigenvalue weighted by atomic mass is 16.4. The molecular formula is C24H38N4O5. The second kappa shape index (κ2) is 13.6. The van der Waals surface area contributed by atoms with Gasteiger partial charge in [0, 0.05) is 6.42 Å². The van der Waals surface area contributed by atoms with Crippen LogP contribution in [0.3, 0.4) is 0 Å². The summed E-state index contributed by atoms with van der Waals surface area (Å²) in [5.41, 5.74) is 6.48. The highest BCUT2D eigenvalue weighted by Gasteiger charge is 2.32. The number of carbonyl (C=O) groups is 4. The molecule has 3 amide bonds. The third-order valence-corrected chi connectivity index (χ3v) is 5.45. The first kappa shape index (κ1) is 28.1. The van der Waals surface area contributed by atoms with Crippen molar-refractivity contribution in [2.75, 3.05) is 0 Å². The maximum atomic E-state index is 13.1. The molecule has 0 saturated carbocycles. The largest absolute Gasteiger partial charge is 0.480 e. The summed E-state index contributed by atoms with van der Waals surface area (Å²) in [5, 5.41) is 17.4. The topological polar surface area (TPSA) is 151 Å². The van der Waals surface area contributed by atoms with Gasteiger partial charge in [-0.25, -0.2) is 4.79 Å². The lowest BCUT2D eigenvalue weighted by atomic mass is 9.97. The zero-order valence-electron chi connectivity index (χ0n) is 20.1. The predicted molar refractivity (Wildman–Crippen MR) is 126 cm³/mol.